The standard InChI is InChI=1S/C5H11NO7/c6-13-5(11,12)2-4(9,10)1-3(7)8/h9-12H,1-2,6H2,(H,7,8). The van der Waals surface area contributed by atoms with Crippen LogP contribution in [0.3, 0.4) is 0 Å². The van der Waals surface area contributed by atoms with Crippen molar-refractivity contribution in [2.45, 2.75) is 24.6 Å². The zero-order chi connectivity index (χ0) is 10.7. The topological polar surface area (TPSA) is 153 Å². The van der Waals surface area contributed by atoms with Crippen molar-refractivity contribution in [1.82, 2.24) is 0 Å². The van der Waals surface area contributed by atoms with Crippen LogP contribution in [0.5, 0.6) is 0 Å². The molecule has 0 radical (unpaired) electrons. The van der Waals surface area contributed by atoms with Gasteiger partial charge in [-0.05, 0) is 0 Å². The minimum absolute atomic E-state index is 1.08. The summed E-state index contributed by atoms with van der Waals surface area (Å²) in [6.07, 6.45) is -2.25. The second-order valence-electron chi connectivity index (χ2n) is 2.59. The molecule has 0 amide bonds. The maximum atomic E-state index is 10.0. The number of carboxylic acids is 1. The summed E-state index contributed by atoms with van der Waals surface area (Å²) in [6, 6.07) is 0. The Morgan fingerprint density at radius 2 is 1.77 bits per heavy atom. The molecule has 0 aliphatic heterocycles. The molecule has 0 rings (SSSR count). The average Bonchev–Trinajstić information content (AvgIpc) is 1.81. The first-order valence-corrected chi connectivity index (χ1v) is 3.18. The summed E-state index contributed by atoms with van der Waals surface area (Å²) in [5, 5.41) is 43.2. The third-order valence-electron chi connectivity index (χ3n) is 1.14. The summed E-state index contributed by atoms with van der Waals surface area (Å²) >= 11 is 0. The van der Waals surface area contributed by atoms with Crippen molar-refractivity contribution in [3.05, 3.63) is 0 Å². The van der Waals surface area contributed by atoms with E-state index in [9.17, 15) is 4.79 Å². The Hall–Kier alpha value is -0.770. The fourth-order valence-electron chi connectivity index (χ4n) is 0.715. The summed E-state index contributed by atoms with van der Waals surface area (Å²) in [5.41, 5.74) is 0. The van der Waals surface area contributed by atoms with Crippen LogP contribution in [0, 0.1) is 0 Å². The van der Waals surface area contributed by atoms with Gasteiger partial charge in [0.25, 0.3) is 5.97 Å². The van der Waals surface area contributed by atoms with E-state index in [1.54, 1.807) is 0 Å². The van der Waals surface area contributed by atoms with E-state index in [4.69, 9.17) is 25.5 Å². The van der Waals surface area contributed by atoms with Gasteiger partial charge in [-0.15, -0.1) is 0 Å². The largest absolute Gasteiger partial charge is 0.481 e. The second-order valence-corrected chi connectivity index (χ2v) is 2.59. The van der Waals surface area contributed by atoms with Crippen LogP contribution < -0.4 is 5.90 Å². The van der Waals surface area contributed by atoms with Gasteiger partial charge in [-0.1, -0.05) is 0 Å². The lowest BCUT2D eigenvalue weighted by Crippen LogP contribution is -2.45. The van der Waals surface area contributed by atoms with Gasteiger partial charge in [0, 0.05) is 0 Å². The van der Waals surface area contributed by atoms with Gasteiger partial charge in [0.15, 0.2) is 5.79 Å². The van der Waals surface area contributed by atoms with E-state index >= 15 is 0 Å². The average molecular weight is 197 g/mol. The quantitative estimate of drug-likeness (QED) is 0.202. The van der Waals surface area contributed by atoms with Crippen LogP contribution >= 0.6 is 0 Å². The molecule has 0 spiro atoms. The summed E-state index contributed by atoms with van der Waals surface area (Å²) in [6.45, 7) is 0. The number of aliphatic carboxylic acids is 1. The number of hydrogen-bond donors (Lipinski definition) is 6. The SMILES string of the molecule is NOC(O)(O)CC(O)(O)CC(=O)O. The molecule has 78 valence electrons. The lowest BCUT2D eigenvalue weighted by Gasteiger charge is -2.26. The molecule has 0 saturated heterocycles. The highest BCUT2D eigenvalue weighted by Crippen LogP contribution is 2.19. The van der Waals surface area contributed by atoms with Crippen LogP contribution in [-0.4, -0.2) is 43.3 Å². The molecular formula is C5H11NO7. The minimum atomic E-state index is -2.97. The van der Waals surface area contributed by atoms with Gasteiger partial charge in [-0.3, -0.25) is 4.79 Å². The minimum Gasteiger partial charge on any atom is -0.481 e. The van der Waals surface area contributed by atoms with E-state index in [1.165, 1.54) is 0 Å². The Morgan fingerprint density at radius 3 is 2.08 bits per heavy atom. The van der Waals surface area contributed by atoms with Crippen LogP contribution in [0.15, 0.2) is 0 Å². The molecule has 0 heterocycles. The van der Waals surface area contributed by atoms with E-state index in [1.807, 2.05) is 0 Å². The molecule has 7 N–H and O–H groups in total. The predicted molar refractivity (Wildman–Crippen MR) is 36.5 cm³/mol. The Bertz CT molecular complexity index is 189. The number of hydrogen-bond acceptors (Lipinski definition) is 7. The fraction of sp³-hybridized carbons (Fsp3) is 0.800. The van der Waals surface area contributed by atoms with Gasteiger partial charge < -0.3 is 25.5 Å². The Balaban J connectivity index is 4.24. The summed E-state index contributed by atoms with van der Waals surface area (Å²) < 4.78 is 0. The Morgan fingerprint density at radius 1 is 1.31 bits per heavy atom. The Kier molecular flexibility index (Phi) is 3.72. The zero-order valence-corrected chi connectivity index (χ0v) is 6.54. The number of nitrogens with two attached hydrogens (primary N) is 1. The van der Waals surface area contributed by atoms with Gasteiger partial charge in [0.1, 0.15) is 0 Å². The van der Waals surface area contributed by atoms with Gasteiger partial charge in [-0.25, -0.2) is 10.7 Å². The normalized spacial score (nSPS) is 13.0. The maximum Gasteiger partial charge on any atom is 0.308 e. The first kappa shape index (κ1) is 12.2. The van der Waals surface area contributed by atoms with Crippen molar-refractivity contribution in [2.75, 3.05) is 0 Å². The molecule has 0 fully saturated rings. The van der Waals surface area contributed by atoms with E-state index < -0.39 is 30.6 Å². The third kappa shape index (κ3) is 5.47. The van der Waals surface area contributed by atoms with Crippen LogP contribution in [0.1, 0.15) is 12.8 Å². The number of rotatable bonds is 5. The molecule has 0 aromatic carbocycles. The summed E-state index contributed by atoms with van der Waals surface area (Å²) in [4.78, 5) is 13.6. The van der Waals surface area contributed by atoms with Crippen LogP contribution in [-0.2, 0) is 9.63 Å². The van der Waals surface area contributed by atoms with Crippen molar-refractivity contribution in [3.8, 4) is 0 Å². The molecule has 0 aliphatic carbocycles. The molecule has 0 aromatic rings. The van der Waals surface area contributed by atoms with Gasteiger partial charge >= 0.3 is 5.97 Å². The van der Waals surface area contributed by atoms with Crippen LogP contribution in [0.4, 0.5) is 0 Å². The summed E-state index contributed by atoms with van der Waals surface area (Å²) in [7, 11) is 0. The lowest BCUT2D eigenvalue weighted by molar-refractivity contribution is -0.374. The molecule has 0 bridgehead atoms. The van der Waals surface area contributed by atoms with E-state index in [0.29, 0.717) is 0 Å². The first-order valence-electron chi connectivity index (χ1n) is 3.18. The van der Waals surface area contributed by atoms with E-state index in [0.717, 1.165) is 0 Å². The van der Waals surface area contributed by atoms with Crippen molar-refractivity contribution in [2.24, 2.45) is 5.90 Å². The van der Waals surface area contributed by atoms with E-state index in [2.05, 4.69) is 10.7 Å². The van der Waals surface area contributed by atoms with Crippen LogP contribution in [0.2, 0.25) is 0 Å². The third-order valence-corrected chi connectivity index (χ3v) is 1.14. The zero-order valence-electron chi connectivity index (χ0n) is 6.54. The predicted octanol–water partition coefficient (Wildman–Crippen LogP) is -2.94. The van der Waals surface area contributed by atoms with Crippen LogP contribution in [0.25, 0.3) is 0 Å². The van der Waals surface area contributed by atoms with Gasteiger partial charge in [0.05, 0.1) is 12.8 Å². The lowest BCUT2D eigenvalue weighted by atomic mass is 10.1. The number of aliphatic hydroxyl groups is 4. The van der Waals surface area contributed by atoms with Gasteiger partial charge in [-0.2, -0.15) is 0 Å². The van der Waals surface area contributed by atoms with Crippen molar-refractivity contribution >= 4 is 5.97 Å². The van der Waals surface area contributed by atoms with Gasteiger partial charge in [0.2, 0.25) is 0 Å². The maximum absolute atomic E-state index is 10.0. The van der Waals surface area contributed by atoms with Crippen molar-refractivity contribution in [3.63, 3.8) is 0 Å². The molecule has 0 atom stereocenters. The molecule has 0 unspecified atom stereocenters. The Labute approximate surface area is 72.7 Å². The van der Waals surface area contributed by atoms with Crippen molar-refractivity contribution < 1.29 is 35.2 Å². The molecule has 0 saturated carbocycles. The monoisotopic (exact) mass is 197 g/mol. The first-order chi connectivity index (χ1) is 5.68. The van der Waals surface area contributed by atoms with E-state index in [-0.39, 0.29) is 0 Å². The second kappa shape index (κ2) is 3.96. The highest BCUT2D eigenvalue weighted by atomic mass is 16.8. The van der Waals surface area contributed by atoms with Crippen molar-refractivity contribution in [1.29, 1.82) is 0 Å². The summed E-state index contributed by atoms with van der Waals surface area (Å²) in [5.74, 6) is -2.91. The highest BCUT2D eigenvalue weighted by Gasteiger charge is 2.38. The smallest absolute Gasteiger partial charge is 0.308 e. The molecule has 13 heavy (non-hydrogen) atoms. The molecule has 8 heteroatoms. The number of carbonyl (C=O) groups is 1. The molecular weight excluding hydrogens is 186 g/mol. The molecule has 0 aliphatic rings. The number of carboxylic acid groups (broad SMARTS) is 1. The highest BCUT2D eigenvalue weighted by molar-refractivity contribution is 5.67. The molecule has 0 aromatic heterocycles. The fourth-order valence-corrected chi connectivity index (χ4v) is 0.715. The molecule has 8 nitrogen and oxygen atoms in total.